The lowest BCUT2D eigenvalue weighted by Gasteiger charge is -2.46. The second-order valence-corrected chi connectivity index (χ2v) is 12.5. The SMILES string of the molecule is CC(C)(C)[Si](C)(C)O[C@H]1CCCN(C(=O)O)[C@@H]1CC1CO1. The highest BCUT2D eigenvalue weighted by molar-refractivity contribution is 6.74. The summed E-state index contributed by atoms with van der Waals surface area (Å²) in [4.78, 5) is 13.1. The first-order chi connectivity index (χ1) is 9.62. The van der Waals surface area contributed by atoms with Crippen LogP contribution in [0.3, 0.4) is 0 Å². The first-order valence-corrected chi connectivity index (χ1v) is 10.8. The van der Waals surface area contributed by atoms with Gasteiger partial charge in [-0.3, -0.25) is 0 Å². The molecule has 2 aliphatic heterocycles. The molecule has 2 saturated heterocycles. The molecule has 1 N–H and O–H groups in total. The number of piperidine rings is 1. The molecular weight excluding hydrogens is 286 g/mol. The Morgan fingerprint density at radius 2 is 2.05 bits per heavy atom. The Morgan fingerprint density at radius 3 is 2.52 bits per heavy atom. The molecule has 0 bridgehead atoms. The lowest BCUT2D eigenvalue weighted by molar-refractivity contribution is 0.0164. The summed E-state index contributed by atoms with van der Waals surface area (Å²) >= 11 is 0. The van der Waals surface area contributed by atoms with Crippen molar-refractivity contribution in [1.82, 2.24) is 4.90 Å². The Bertz CT molecular complexity index is 390. The number of carboxylic acid groups (broad SMARTS) is 1. The number of likely N-dealkylation sites (tertiary alicyclic amines) is 1. The first-order valence-electron chi connectivity index (χ1n) is 7.91. The van der Waals surface area contributed by atoms with Gasteiger partial charge in [-0.25, -0.2) is 4.79 Å². The van der Waals surface area contributed by atoms with Crippen LogP contribution in [0.2, 0.25) is 18.1 Å². The van der Waals surface area contributed by atoms with Gasteiger partial charge in [-0.05, 0) is 37.4 Å². The third kappa shape index (κ3) is 3.99. The molecular formula is C15H29NO4Si. The van der Waals surface area contributed by atoms with Crippen molar-refractivity contribution in [3.05, 3.63) is 0 Å². The van der Waals surface area contributed by atoms with Gasteiger partial charge in [0.2, 0.25) is 0 Å². The lowest BCUT2D eigenvalue weighted by Crippen LogP contribution is -2.56. The Balaban J connectivity index is 2.12. The van der Waals surface area contributed by atoms with E-state index in [0.29, 0.717) is 6.54 Å². The minimum absolute atomic E-state index is 0.0138. The Hall–Kier alpha value is -0.593. The van der Waals surface area contributed by atoms with E-state index in [1.807, 2.05) is 0 Å². The minimum atomic E-state index is -1.89. The fourth-order valence-corrected chi connectivity index (χ4v) is 4.09. The quantitative estimate of drug-likeness (QED) is 0.638. The standard InChI is InChI=1S/C15H29NO4Si/c1-15(2,3)21(4,5)20-13-7-6-8-16(14(17)18)12(13)9-11-10-19-11/h11-13H,6-10H2,1-5H3,(H,17,18)/t11?,12-,13+/m1/s1. The molecule has 2 fully saturated rings. The molecule has 2 heterocycles. The molecule has 0 aromatic carbocycles. The van der Waals surface area contributed by atoms with Crippen molar-refractivity contribution in [2.24, 2.45) is 0 Å². The molecule has 122 valence electrons. The fourth-order valence-electron chi connectivity index (χ4n) is 2.70. The highest BCUT2D eigenvalue weighted by atomic mass is 28.4. The highest BCUT2D eigenvalue weighted by Gasteiger charge is 2.45. The van der Waals surface area contributed by atoms with Crippen LogP contribution in [-0.4, -0.2) is 55.8 Å². The van der Waals surface area contributed by atoms with E-state index in [0.717, 1.165) is 25.9 Å². The Kier molecular flexibility index (Phi) is 4.71. The van der Waals surface area contributed by atoms with Crippen LogP contribution >= 0.6 is 0 Å². The number of hydrogen-bond donors (Lipinski definition) is 1. The fraction of sp³-hybridized carbons (Fsp3) is 0.933. The monoisotopic (exact) mass is 315 g/mol. The van der Waals surface area contributed by atoms with Crippen LogP contribution in [0, 0.1) is 0 Å². The number of amides is 1. The van der Waals surface area contributed by atoms with Crippen LogP contribution in [0.15, 0.2) is 0 Å². The summed E-state index contributed by atoms with van der Waals surface area (Å²) in [5.41, 5.74) is 0. The van der Waals surface area contributed by atoms with Gasteiger partial charge in [0.25, 0.3) is 0 Å². The third-order valence-electron chi connectivity index (χ3n) is 5.12. The molecule has 0 aromatic heterocycles. The maximum atomic E-state index is 11.5. The van der Waals surface area contributed by atoms with Crippen LogP contribution in [0.25, 0.3) is 0 Å². The van der Waals surface area contributed by atoms with Gasteiger partial charge in [-0.2, -0.15) is 0 Å². The van der Waals surface area contributed by atoms with Gasteiger partial charge >= 0.3 is 6.09 Å². The second-order valence-electron chi connectivity index (χ2n) is 7.79. The summed E-state index contributed by atoms with van der Waals surface area (Å²) in [6, 6.07) is -0.0575. The molecule has 0 saturated carbocycles. The van der Waals surface area contributed by atoms with Crippen molar-refractivity contribution in [3.63, 3.8) is 0 Å². The summed E-state index contributed by atoms with van der Waals surface area (Å²) in [6.45, 7) is 12.5. The molecule has 2 aliphatic rings. The number of rotatable bonds is 4. The molecule has 0 aliphatic carbocycles. The molecule has 1 amide bonds. The molecule has 3 atom stereocenters. The van der Waals surface area contributed by atoms with E-state index in [4.69, 9.17) is 9.16 Å². The Morgan fingerprint density at radius 1 is 1.43 bits per heavy atom. The average molecular weight is 315 g/mol. The molecule has 1 unspecified atom stereocenters. The van der Waals surface area contributed by atoms with Crippen LogP contribution in [0.5, 0.6) is 0 Å². The van der Waals surface area contributed by atoms with Crippen molar-refractivity contribution >= 4 is 14.4 Å². The van der Waals surface area contributed by atoms with Gasteiger partial charge in [0.1, 0.15) is 0 Å². The van der Waals surface area contributed by atoms with Crippen LogP contribution in [-0.2, 0) is 9.16 Å². The zero-order valence-electron chi connectivity index (χ0n) is 13.9. The summed E-state index contributed by atoms with van der Waals surface area (Å²) in [6.07, 6.45) is 2.01. The minimum Gasteiger partial charge on any atom is -0.465 e. The van der Waals surface area contributed by atoms with Crippen molar-refractivity contribution in [2.45, 2.75) is 76.4 Å². The first kappa shape index (κ1) is 16.8. The molecule has 6 heteroatoms. The highest BCUT2D eigenvalue weighted by Crippen LogP contribution is 2.40. The van der Waals surface area contributed by atoms with E-state index < -0.39 is 14.4 Å². The summed E-state index contributed by atoms with van der Waals surface area (Å²) in [5, 5.41) is 9.60. The van der Waals surface area contributed by atoms with Crippen LogP contribution < -0.4 is 0 Å². The Labute approximate surface area is 128 Å². The van der Waals surface area contributed by atoms with Gasteiger partial charge in [0.15, 0.2) is 8.32 Å². The van der Waals surface area contributed by atoms with E-state index in [-0.39, 0.29) is 23.3 Å². The smallest absolute Gasteiger partial charge is 0.407 e. The van der Waals surface area contributed by atoms with Gasteiger partial charge < -0.3 is 19.2 Å². The van der Waals surface area contributed by atoms with Crippen LogP contribution in [0.1, 0.15) is 40.0 Å². The molecule has 0 radical (unpaired) electrons. The van der Waals surface area contributed by atoms with E-state index in [9.17, 15) is 9.90 Å². The van der Waals surface area contributed by atoms with Gasteiger partial charge in [-0.1, -0.05) is 20.8 Å². The van der Waals surface area contributed by atoms with Gasteiger partial charge in [0, 0.05) is 6.54 Å². The zero-order chi connectivity index (χ0) is 15.8. The molecule has 5 nitrogen and oxygen atoms in total. The van der Waals surface area contributed by atoms with Crippen molar-refractivity contribution in [2.75, 3.05) is 13.2 Å². The molecule has 21 heavy (non-hydrogen) atoms. The molecule has 0 aromatic rings. The van der Waals surface area contributed by atoms with Gasteiger partial charge in [-0.15, -0.1) is 0 Å². The largest absolute Gasteiger partial charge is 0.465 e. The lowest BCUT2D eigenvalue weighted by atomic mass is 9.95. The van der Waals surface area contributed by atoms with E-state index in [1.165, 1.54) is 0 Å². The number of carbonyl (C=O) groups is 1. The third-order valence-corrected chi connectivity index (χ3v) is 9.63. The summed E-state index contributed by atoms with van der Waals surface area (Å²) in [5.74, 6) is 0. The normalized spacial score (nSPS) is 30.3. The predicted octanol–water partition coefficient (Wildman–Crippen LogP) is 3.31. The van der Waals surface area contributed by atoms with Gasteiger partial charge in [0.05, 0.1) is 24.9 Å². The van der Waals surface area contributed by atoms with Crippen LogP contribution in [0.4, 0.5) is 4.79 Å². The summed E-state index contributed by atoms with van der Waals surface area (Å²) in [7, 11) is -1.89. The van der Waals surface area contributed by atoms with Crippen molar-refractivity contribution in [1.29, 1.82) is 0 Å². The maximum absolute atomic E-state index is 11.5. The van der Waals surface area contributed by atoms with E-state index in [1.54, 1.807) is 4.90 Å². The second kappa shape index (κ2) is 5.89. The van der Waals surface area contributed by atoms with E-state index >= 15 is 0 Å². The summed E-state index contributed by atoms with van der Waals surface area (Å²) < 4.78 is 11.9. The average Bonchev–Trinajstić information content (AvgIpc) is 3.13. The maximum Gasteiger partial charge on any atom is 0.407 e. The number of nitrogens with zero attached hydrogens (tertiary/aromatic N) is 1. The van der Waals surface area contributed by atoms with Crippen molar-refractivity contribution in [3.8, 4) is 0 Å². The zero-order valence-corrected chi connectivity index (χ0v) is 14.9. The number of ether oxygens (including phenoxy) is 1. The van der Waals surface area contributed by atoms with E-state index in [2.05, 4.69) is 33.9 Å². The van der Waals surface area contributed by atoms with Crippen molar-refractivity contribution < 1.29 is 19.1 Å². The molecule has 0 spiro atoms. The molecule has 2 rings (SSSR count). The topological polar surface area (TPSA) is 62.3 Å². The number of epoxide rings is 1. The number of hydrogen-bond acceptors (Lipinski definition) is 3. The predicted molar refractivity (Wildman–Crippen MR) is 84.2 cm³/mol.